The van der Waals surface area contributed by atoms with Gasteiger partial charge in [0.15, 0.2) is 11.4 Å². The van der Waals surface area contributed by atoms with Gasteiger partial charge in [-0.3, -0.25) is 14.4 Å². The number of aliphatic hydroxyl groups excluding tert-OH is 3. The third kappa shape index (κ3) is 2.71. The summed E-state index contributed by atoms with van der Waals surface area (Å²) in [5, 5.41) is 54.9. The molecule has 0 aromatic heterocycles. The van der Waals surface area contributed by atoms with Gasteiger partial charge in [0.2, 0.25) is 5.78 Å². The number of benzene rings is 2. The highest BCUT2D eigenvalue weighted by molar-refractivity contribution is 6.22. The summed E-state index contributed by atoms with van der Waals surface area (Å²) in [6.45, 7) is 0. The van der Waals surface area contributed by atoms with Crippen LogP contribution < -0.4 is 5.73 Å². The lowest BCUT2D eigenvalue weighted by molar-refractivity contribution is -0.149. The van der Waals surface area contributed by atoms with Crippen LogP contribution in [-0.4, -0.2) is 48.6 Å². The van der Waals surface area contributed by atoms with Crippen LogP contribution in [0.15, 0.2) is 59.4 Å². The van der Waals surface area contributed by atoms with Crippen LogP contribution in [0.3, 0.4) is 0 Å². The summed E-state index contributed by atoms with van der Waals surface area (Å²) < 4.78 is 0. The van der Waals surface area contributed by atoms with Crippen molar-refractivity contribution in [1.82, 2.24) is 0 Å². The number of primary amides is 1. The molecule has 1 amide bonds. The number of phenols is 1. The van der Waals surface area contributed by atoms with E-state index < -0.39 is 75.8 Å². The van der Waals surface area contributed by atoms with E-state index in [-0.39, 0.29) is 17.5 Å². The number of amides is 1. The van der Waals surface area contributed by atoms with E-state index in [1.807, 2.05) is 6.07 Å². The quantitative estimate of drug-likeness (QED) is 0.363. The zero-order chi connectivity index (χ0) is 24.5. The second-order valence-electron chi connectivity index (χ2n) is 8.84. The molecule has 0 saturated heterocycles. The van der Waals surface area contributed by atoms with Crippen LogP contribution in [0.4, 0.5) is 0 Å². The van der Waals surface area contributed by atoms with Gasteiger partial charge >= 0.3 is 0 Å². The normalized spacial score (nSPS) is 28.4. The molecule has 0 heterocycles. The van der Waals surface area contributed by atoms with Crippen LogP contribution in [-0.2, 0) is 14.4 Å². The van der Waals surface area contributed by atoms with Gasteiger partial charge in [-0.1, -0.05) is 36.4 Å². The minimum atomic E-state index is -2.68. The van der Waals surface area contributed by atoms with Gasteiger partial charge in [-0.2, -0.15) is 0 Å². The van der Waals surface area contributed by atoms with E-state index in [0.717, 1.165) is 0 Å². The Kier molecular flexibility index (Phi) is 4.68. The number of hydrogen-bond donors (Lipinski definition) is 6. The maximum absolute atomic E-state index is 13.5. The number of aromatic hydroxyl groups is 1. The Hall–Kier alpha value is -3.95. The number of phenolic OH excluding ortho intramolecular Hbond substituents is 1. The number of carbonyl (C=O) groups excluding carboxylic acids is 3. The summed E-state index contributed by atoms with van der Waals surface area (Å²) in [7, 11) is 0. The molecule has 0 aliphatic heterocycles. The fraction of sp³-hybridized carbons (Fsp3) is 0.240. The molecule has 3 aliphatic rings. The summed E-state index contributed by atoms with van der Waals surface area (Å²) in [6.07, 6.45) is -2.00. The number of fused-ring (bicyclic) bond motifs is 3. The monoisotopic (exact) mass is 463 g/mol. The number of aliphatic hydroxyl groups is 4. The van der Waals surface area contributed by atoms with Crippen molar-refractivity contribution in [3.05, 3.63) is 70.5 Å². The van der Waals surface area contributed by atoms with Crippen LogP contribution in [0, 0.1) is 11.8 Å². The SMILES string of the molecule is NC(=O)C1=C(O)[C@@]2(O)C(=O)C3=C(O)c4c(O)ccc(-c5ccccc5)c4C(O)[C@H]3C[C@H]2CC1=O. The number of hydrogen-bond acceptors (Lipinski definition) is 8. The van der Waals surface area contributed by atoms with Gasteiger partial charge in [0.05, 0.1) is 11.7 Å². The lowest BCUT2D eigenvalue weighted by atomic mass is 9.58. The highest BCUT2D eigenvalue weighted by atomic mass is 16.3. The van der Waals surface area contributed by atoms with Crippen LogP contribution >= 0.6 is 0 Å². The van der Waals surface area contributed by atoms with Crippen LogP contribution in [0.25, 0.3) is 16.9 Å². The van der Waals surface area contributed by atoms with Gasteiger partial charge < -0.3 is 31.3 Å². The zero-order valence-electron chi connectivity index (χ0n) is 17.7. The van der Waals surface area contributed by atoms with Gasteiger partial charge in [0.1, 0.15) is 22.8 Å². The fourth-order valence-corrected chi connectivity index (χ4v) is 5.53. The Morgan fingerprint density at radius 3 is 2.35 bits per heavy atom. The van der Waals surface area contributed by atoms with Crippen molar-refractivity contribution in [1.29, 1.82) is 0 Å². The molecular formula is C25H21NO8. The Morgan fingerprint density at radius 1 is 1.03 bits per heavy atom. The molecule has 174 valence electrons. The smallest absolute Gasteiger partial charge is 0.255 e. The highest BCUT2D eigenvalue weighted by Gasteiger charge is 2.61. The predicted octanol–water partition coefficient (Wildman–Crippen LogP) is 1.58. The minimum absolute atomic E-state index is 0.159. The second-order valence-corrected chi connectivity index (χ2v) is 8.84. The first-order chi connectivity index (χ1) is 16.1. The van der Waals surface area contributed by atoms with E-state index in [1.165, 1.54) is 6.07 Å². The summed E-state index contributed by atoms with van der Waals surface area (Å²) in [5.74, 6) is -7.68. The van der Waals surface area contributed by atoms with Crippen molar-refractivity contribution in [2.45, 2.75) is 24.5 Å². The Balaban J connectivity index is 1.76. The van der Waals surface area contributed by atoms with Gasteiger partial charge in [0.25, 0.3) is 5.91 Å². The molecule has 34 heavy (non-hydrogen) atoms. The molecule has 9 heteroatoms. The first-order valence-electron chi connectivity index (χ1n) is 10.7. The van der Waals surface area contributed by atoms with Crippen molar-refractivity contribution in [2.24, 2.45) is 17.6 Å². The van der Waals surface area contributed by atoms with Gasteiger partial charge in [0, 0.05) is 29.4 Å². The Labute approximate surface area is 193 Å². The molecule has 3 aliphatic carbocycles. The van der Waals surface area contributed by atoms with E-state index >= 15 is 0 Å². The van der Waals surface area contributed by atoms with Crippen molar-refractivity contribution in [2.75, 3.05) is 0 Å². The first-order valence-corrected chi connectivity index (χ1v) is 10.7. The van der Waals surface area contributed by atoms with Crippen molar-refractivity contribution >= 4 is 23.2 Å². The van der Waals surface area contributed by atoms with Gasteiger partial charge in [-0.15, -0.1) is 0 Å². The predicted molar refractivity (Wildman–Crippen MR) is 118 cm³/mol. The fourth-order valence-electron chi connectivity index (χ4n) is 5.53. The summed E-state index contributed by atoms with van der Waals surface area (Å²) >= 11 is 0. The average Bonchev–Trinajstić information content (AvgIpc) is 2.79. The summed E-state index contributed by atoms with van der Waals surface area (Å²) in [6, 6.07) is 11.9. The number of rotatable bonds is 2. The molecule has 4 atom stereocenters. The number of ketones is 2. The zero-order valence-corrected chi connectivity index (χ0v) is 17.7. The summed E-state index contributed by atoms with van der Waals surface area (Å²) in [4.78, 5) is 37.7. The lowest BCUT2D eigenvalue weighted by Gasteiger charge is -2.47. The molecule has 1 unspecified atom stereocenters. The second kappa shape index (κ2) is 7.28. The molecule has 1 fully saturated rings. The van der Waals surface area contributed by atoms with E-state index in [9.17, 15) is 39.9 Å². The molecule has 2 aromatic carbocycles. The Bertz CT molecular complexity index is 1340. The third-order valence-electron chi connectivity index (χ3n) is 7.12. The first kappa shape index (κ1) is 21.9. The number of Topliss-reactive ketones (excluding diaryl/α,β-unsaturated/α-hetero) is 2. The molecule has 0 spiro atoms. The standard InChI is InChI=1S/C25H21NO8/c26-24(33)19-15(28)9-11-8-13-17(22(31)25(11,34)23(19)32)21(30)18-14(27)7-6-12(16(18)20(13)29)10-4-2-1-3-5-10/h1-7,11,13,20,27,29-30,32,34H,8-9H2,(H2,26,33)/t11-,13-,20?,25-/m0/s1. The number of carbonyl (C=O) groups is 3. The molecule has 9 nitrogen and oxygen atoms in total. The van der Waals surface area contributed by atoms with E-state index in [4.69, 9.17) is 5.73 Å². The molecule has 2 aromatic rings. The highest BCUT2D eigenvalue weighted by Crippen LogP contribution is 2.56. The van der Waals surface area contributed by atoms with Crippen LogP contribution in [0.1, 0.15) is 30.1 Å². The topological polar surface area (TPSA) is 178 Å². The maximum atomic E-state index is 13.5. The van der Waals surface area contributed by atoms with Crippen LogP contribution in [0.5, 0.6) is 5.75 Å². The lowest BCUT2D eigenvalue weighted by Crippen LogP contribution is -2.58. The molecule has 1 saturated carbocycles. The average molecular weight is 463 g/mol. The minimum Gasteiger partial charge on any atom is -0.508 e. The molecule has 5 rings (SSSR count). The molecule has 7 N–H and O–H groups in total. The van der Waals surface area contributed by atoms with Crippen LogP contribution in [0.2, 0.25) is 0 Å². The molecule has 0 radical (unpaired) electrons. The molecule has 0 bridgehead atoms. The van der Waals surface area contributed by atoms with Crippen molar-refractivity contribution < 1.29 is 39.9 Å². The maximum Gasteiger partial charge on any atom is 0.255 e. The summed E-state index contributed by atoms with van der Waals surface area (Å²) in [5.41, 5.74) is 2.50. The third-order valence-corrected chi connectivity index (χ3v) is 7.12. The van der Waals surface area contributed by atoms with E-state index in [0.29, 0.717) is 11.1 Å². The van der Waals surface area contributed by atoms with E-state index in [2.05, 4.69) is 0 Å². The van der Waals surface area contributed by atoms with E-state index in [1.54, 1.807) is 30.3 Å². The molecular weight excluding hydrogens is 442 g/mol. The van der Waals surface area contributed by atoms with Gasteiger partial charge in [-0.25, -0.2) is 0 Å². The van der Waals surface area contributed by atoms with Crippen molar-refractivity contribution in [3.63, 3.8) is 0 Å². The van der Waals surface area contributed by atoms with Crippen molar-refractivity contribution in [3.8, 4) is 16.9 Å². The number of nitrogens with two attached hydrogens (primary N) is 1. The Morgan fingerprint density at radius 2 is 1.71 bits per heavy atom. The van der Waals surface area contributed by atoms with Gasteiger partial charge in [-0.05, 0) is 23.6 Å². The largest absolute Gasteiger partial charge is 0.508 e.